The molecule has 2 rings (SSSR count). The number of likely N-dealkylation sites (tertiary alicyclic amines) is 1. The summed E-state index contributed by atoms with van der Waals surface area (Å²) >= 11 is 0. The van der Waals surface area contributed by atoms with Crippen LogP contribution in [0.3, 0.4) is 0 Å². The molecule has 23 heavy (non-hydrogen) atoms. The first-order valence-corrected chi connectivity index (χ1v) is 8.05. The third kappa shape index (κ3) is 5.25. The van der Waals surface area contributed by atoms with Gasteiger partial charge in [0.05, 0.1) is 6.10 Å². The molecule has 6 heteroatoms. The molecule has 4 nitrogen and oxygen atoms in total. The number of benzene rings is 1. The monoisotopic (exact) mass is 327 g/mol. The number of aliphatic hydroxyl groups excluding tert-OH is 1. The first-order chi connectivity index (χ1) is 11.1. The van der Waals surface area contributed by atoms with Crippen LogP contribution >= 0.6 is 0 Å². The maximum Gasteiger partial charge on any atom is 0.222 e. The van der Waals surface area contributed by atoms with Gasteiger partial charge in [-0.3, -0.25) is 4.79 Å². The number of halogens is 2. The van der Waals surface area contributed by atoms with Crippen LogP contribution in [0.5, 0.6) is 0 Å². The summed E-state index contributed by atoms with van der Waals surface area (Å²) in [5.74, 6) is -1.78. The molecule has 1 fully saturated rings. The highest BCUT2D eigenvalue weighted by Gasteiger charge is 2.23. The van der Waals surface area contributed by atoms with Crippen molar-refractivity contribution in [3.05, 3.63) is 35.4 Å². The first kappa shape index (κ1) is 17.8. The Kier molecular flexibility index (Phi) is 6.92. The third-order valence-corrected chi connectivity index (χ3v) is 4.09. The fourth-order valence-corrected chi connectivity index (χ4v) is 2.73. The second-order valence-corrected chi connectivity index (χ2v) is 5.74. The molecule has 1 aromatic rings. The van der Waals surface area contributed by atoms with E-state index in [-0.39, 0.29) is 37.0 Å². The van der Waals surface area contributed by atoms with Gasteiger partial charge in [-0.15, -0.1) is 0 Å². The number of aryl methyl sites for hydroxylation is 1. The summed E-state index contributed by atoms with van der Waals surface area (Å²) in [6.45, 7) is 1.89. The van der Waals surface area contributed by atoms with E-state index in [4.69, 9.17) is 9.84 Å². The summed E-state index contributed by atoms with van der Waals surface area (Å²) < 4.78 is 32.3. The zero-order chi connectivity index (χ0) is 16.7. The molecule has 0 bridgehead atoms. The zero-order valence-corrected chi connectivity index (χ0v) is 13.1. The minimum atomic E-state index is -0.879. The van der Waals surface area contributed by atoms with E-state index in [0.29, 0.717) is 26.1 Å². The van der Waals surface area contributed by atoms with E-state index in [1.165, 1.54) is 12.1 Å². The number of amides is 1. The summed E-state index contributed by atoms with van der Waals surface area (Å²) in [4.78, 5) is 13.9. The Labute approximate surface area is 135 Å². The lowest BCUT2D eigenvalue weighted by atomic mass is 10.1. The van der Waals surface area contributed by atoms with Crippen molar-refractivity contribution in [1.29, 1.82) is 0 Å². The van der Waals surface area contributed by atoms with E-state index in [9.17, 15) is 13.6 Å². The number of nitrogens with zero attached hydrogens (tertiary/aromatic N) is 1. The van der Waals surface area contributed by atoms with Crippen molar-refractivity contribution in [2.24, 2.45) is 0 Å². The second kappa shape index (κ2) is 8.93. The van der Waals surface area contributed by atoms with E-state index < -0.39 is 11.6 Å². The quantitative estimate of drug-likeness (QED) is 0.782. The standard InChI is InChI=1S/C17H23F2NO3/c18-15-4-1-3-13(17(15)19)5-6-16(22)20-9-7-14(8-10-20)23-12-2-11-21/h1,3-4,14,21H,2,5-12H2. The Bertz CT molecular complexity index is 517. The largest absolute Gasteiger partial charge is 0.396 e. The van der Waals surface area contributed by atoms with Gasteiger partial charge in [-0.05, 0) is 37.3 Å². The molecular weight excluding hydrogens is 304 g/mol. The summed E-state index contributed by atoms with van der Waals surface area (Å²) in [6, 6.07) is 4.03. The van der Waals surface area contributed by atoms with E-state index >= 15 is 0 Å². The van der Waals surface area contributed by atoms with Gasteiger partial charge in [-0.1, -0.05) is 12.1 Å². The van der Waals surface area contributed by atoms with Gasteiger partial charge in [-0.2, -0.15) is 0 Å². The highest BCUT2D eigenvalue weighted by molar-refractivity contribution is 5.76. The Morgan fingerprint density at radius 3 is 2.74 bits per heavy atom. The third-order valence-electron chi connectivity index (χ3n) is 4.09. The number of rotatable bonds is 7. The predicted octanol–water partition coefficient (Wildman–Crippen LogP) is 2.29. The summed E-state index contributed by atoms with van der Waals surface area (Å²) in [5, 5.41) is 8.72. The Hall–Kier alpha value is -1.53. The molecule has 0 aromatic heterocycles. The molecule has 1 saturated heterocycles. The fourth-order valence-electron chi connectivity index (χ4n) is 2.73. The van der Waals surface area contributed by atoms with Gasteiger partial charge in [0.25, 0.3) is 0 Å². The summed E-state index contributed by atoms with van der Waals surface area (Å²) in [7, 11) is 0. The van der Waals surface area contributed by atoms with Crippen molar-refractivity contribution in [3.63, 3.8) is 0 Å². The van der Waals surface area contributed by atoms with Crippen molar-refractivity contribution in [2.45, 2.75) is 38.2 Å². The average molecular weight is 327 g/mol. The minimum absolute atomic E-state index is 0.0394. The van der Waals surface area contributed by atoms with E-state index in [1.807, 2.05) is 0 Å². The maximum atomic E-state index is 13.6. The Morgan fingerprint density at radius 1 is 1.30 bits per heavy atom. The van der Waals surface area contributed by atoms with Crippen LogP contribution in [-0.4, -0.2) is 48.3 Å². The van der Waals surface area contributed by atoms with Crippen molar-refractivity contribution in [2.75, 3.05) is 26.3 Å². The predicted molar refractivity (Wildman–Crippen MR) is 81.9 cm³/mol. The molecule has 1 aliphatic heterocycles. The van der Waals surface area contributed by atoms with Crippen molar-refractivity contribution in [1.82, 2.24) is 4.90 Å². The lowest BCUT2D eigenvalue weighted by molar-refractivity contribution is -0.133. The van der Waals surface area contributed by atoms with Crippen molar-refractivity contribution >= 4 is 5.91 Å². The molecule has 0 unspecified atom stereocenters. The van der Waals surface area contributed by atoms with Crippen molar-refractivity contribution in [3.8, 4) is 0 Å². The molecule has 0 radical (unpaired) electrons. The maximum absolute atomic E-state index is 13.6. The van der Waals surface area contributed by atoms with Crippen LogP contribution in [0.2, 0.25) is 0 Å². The molecule has 1 amide bonds. The van der Waals surface area contributed by atoms with Crippen LogP contribution in [0.1, 0.15) is 31.2 Å². The highest BCUT2D eigenvalue weighted by Crippen LogP contribution is 2.17. The van der Waals surface area contributed by atoms with Crippen molar-refractivity contribution < 1.29 is 23.4 Å². The van der Waals surface area contributed by atoms with Gasteiger partial charge < -0.3 is 14.7 Å². The van der Waals surface area contributed by atoms with Crippen LogP contribution < -0.4 is 0 Å². The number of hydrogen-bond donors (Lipinski definition) is 1. The normalized spacial score (nSPS) is 15.9. The molecule has 1 aliphatic rings. The first-order valence-electron chi connectivity index (χ1n) is 8.05. The Morgan fingerprint density at radius 2 is 2.04 bits per heavy atom. The molecule has 1 N–H and O–H groups in total. The molecule has 1 heterocycles. The van der Waals surface area contributed by atoms with Gasteiger partial charge in [0.1, 0.15) is 0 Å². The minimum Gasteiger partial charge on any atom is -0.396 e. The molecule has 0 atom stereocenters. The van der Waals surface area contributed by atoms with E-state index in [2.05, 4.69) is 0 Å². The Balaban J connectivity index is 1.74. The second-order valence-electron chi connectivity index (χ2n) is 5.74. The van der Waals surface area contributed by atoms with E-state index in [1.54, 1.807) is 4.90 Å². The SMILES string of the molecule is O=C(CCc1cccc(F)c1F)N1CCC(OCCCO)CC1. The van der Waals surface area contributed by atoms with E-state index in [0.717, 1.165) is 18.9 Å². The average Bonchev–Trinajstić information content (AvgIpc) is 2.57. The number of aliphatic hydroxyl groups is 1. The molecule has 0 spiro atoms. The topological polar surface area (TPSA) is 49.8 Å². The number of ether oxygens (including phenoxy) is 1. The molecular formula is C17H23F2NO3. The number of carbonyl (C=O) groups excluding carboxylic acids is 1. The molecule has 128 valence electrons. The van der Waals surface area contributed by atoms with Gasteiger partial charge in [-0.25, -0.2) is 8.78 Å². The van der Waals surface area contributed by atoms with Gasteiger partial charge in [0, 0.05) is 32.7 Å². The number of hydrogen-bond acceptors (Lipinski definition) is 3. The number of carbonyl (C=O) groups is 1. The highest BCUT2D eigenvalue weighted by atomic mass is 19.2. The smallest absolute Gasteiger partial charge is 0.222 e. The molecule has 1 aromatic carbocycles. The van der Waals surface area contributed by atoms with Gasteiger partial charge in [0.2, 0.25) is 5.91 Å². The lowest BCUT2D eigenvalue weighted by Crippen LogP contribution is -2.41. The summed E-state index contributed by atoms with van der Waals surface area (Å²) in [6.07, 6.45) is 2.67. The fraction of sp³-hybridized carbons (Fsp3) is 0.588. The summed E-state index contributed by atoms with van der Waals surface area (Å²) in [5.41, 5.74) is 0.237. The number of piperidine rings is 1. The molecule has 0 saturated carbocycles. The van der Waals surface area contributed by atoms with Crippen LogP contribution in [0.25, 0.3) is 0 Å². The van der Waals surface area contributed by atoms with Crippen LogP contribution in [0.4, 0.5) is 8.78 Å². The zero-order valence-electron chi connectivity index (χ0n) is 13.1. The van der Waals surface area contributed by atoms with Gasteiger partial charge in [0.15, 0.2) is 11.6 Å². The molecule has 0 aliphatic carbocycles. The van der Waals surface area contributed by atoms with Crippen LogP contribution in [0, 0.1) is 11.6 Å². The van der Waals surface area contributed by atoms with Crippen LogP contribution in [0.15, 0.2) is 18.2 Å². The van der Waals surface area contributed by atoms with Crippen LogP contribution in [-0.2, 0) is 16.0 Å². The lowest BCUT2D eigenvalue weighted by Gasteiger charge is -2.32. The van der Waals surface area contributed by atoms with Gasteiger partial charge >= 0.3 is 0 Å².